The van der Waals surface area contributed by atoms with Gasteiger partial charge >= 0.3 is 0 Å². The highest BCUT2D eigenvalue weighted by Gasteiger charge is 2.39. The normalized spacial score (nSPS) is 14.8. The first-order valence-corrected chi connectivity index (χ1v) is 7.54. The lowest BCUT2D eigenvalue weighted by Gasteiger charge is -2.28. The van der Waals surface area contributed by atoms with Crippen molar-refractivity contribution in [2.24, 2.45) is 5.41 Å². The van der Waals surface area contributed by atoms with Gasteiger partial charge in [0, 0.05) is 24.3 Å². The highest BCUT2D eigenvalue weighted by Crippen LogP contribution is 2.24. The molecule has 22 heavy (non-hydrogen) atoms. The molecule has 1 N–H and O–H groups in total. The molecule has 0 radical (unpaired) electrons. The van der Waals surface area contributed by atoms with E-state index in [1.54, 1.807) is 43.0 Å². The van der Waals surface area contributed by atoms with Crippen LogP contribution in [-0.2, 0) is 9.59 Å². The molecule has 0 unspecified atom stereocenters. The fourth-order valence-corrected chi connectivity index (χ4v) is 2.52. The van der Waals surface area contributed by atoms with Crippen LogP contribution < -0.4 is 5.32 Å². The van der Waals surface area contributed by atoms with Gasteiger partial charge < -0.3 is 10.2 Å². The van der Waals surface area contributed by atoms with Crippen LogP contribution in [0.25, 0.3) is 0 Å². The van der Waals surface area contributed by atoms with Crippen molar-refractivity contribution >= 4 is 23.3 Å². The molecule has 0 saturated carbocycles. The molecule has 2 amide bonds. The number of Topliss-reactive ketones (excluding diaryl/α,β-unsaturated/α-hetero) is 1. The number of likely N-dealkylation sites (tertiary alicyclic amines) is 1. The molecule has 1 aliphatic rings. The van der Waals surface area contributed by atoms with Crippen molar-refractivity contribution < 1.29 is 14.4 Å². The number of hydrogen-bond donors (Lipinski definition) is 1. The van der Waals surface area contributed by atoms with Crippen molar-refractivity contribution in [1.29, 1.82) is 0 Å². The SMILES string of the molecule is CC(=O)c1cccc(NC(=O)C(C)(C)C(=O)N2CCCC2)c1. The molecule has 1 heterocycles. The molecule has 1 aromatic carbocycles. The van der Waals surface area contributed by atoms with Gasteiger partial charge in [-0.3, -0.25) is 14.4 Å². The van der Waals surface area contributed by atoms with Crippen LogP contribution >= 0.6 is 0 Å². The van der Waals surface area contributed by atoms with Gasteiger partial charge in [0.2, 0.25) is 11.8 Å². The number of carbonyl (C=O) groups excluding carboxylic acids is 3. The molecule has 5 heteroatoms. The van der Waals surface area contributed by atoms with E-state index >= 15 is 0 Å². The predicted molar refractivity (Wildman–Crippen MR) is 84.7 cm³/mol. The van der Waals surface area contributed by atoms with Crippen molar-refractivity contribution in [1.82, 2.24) is 4.90 Å². The second kappa shape index (κ2) is 6.30. The summed E-state index contributed by atoms with van der Waals surface area (Å²) in [6.45, 7) is 6.18. The predicted octanol–water partition coefficient (Wildman–Crippen LogP) is 2.48. The fourth-order valence-electron chi connectivity index (χ4n) is 2.52. The average molecular weight is 302 g/mol. The molecule has 0 aliphatic carbocycles. The van der Waals surface area contributed by atoms with Crippen LogP contribution in [0.2, 0.25) is 0 Å². The van der Waals surface area contributed by atoms with Gasteiger partial charge in [-0.05, 0) is 45.7 Å². The van der Waals surface area contributed by atoms with E-state index in [0.29, 0.717) is 11.3 Å². The van der Waals surface area contributed by atoms with Crippen LogP contribution in [-0.4, -0.2) is 35.6 Å². The first-order chi connectivity index (χ1) is 10.3. The number of rotatable bonds is 4. The van der Waals surface area contributed by atoms with Gasteiger partial charge in [-0.1, -0.05) is 12.1 Å². The summed E-state index contributed by atoms with van der Waals surface area (Å²) in [4.78, 5) is 38.1. The summed E-state index contributed by atoms with van der Waals surface area (Å²) in [5.41, 5.74) is -0.0715. The lowest BCUT2D eigenvalue weighted by molar-refractivity contribution is -0.145. The maximum atomic E-state index is 12.5. The minimum absolute atomic E-state index is 0.0662. The summed E-state index contributed by atoms with van der Waals surface area (Å²) in [5, 5.41) is 2.74. The molecule has 0 bridgehead atoms. The molecule has 2 rings (SSSR count). The number of anilines is 1. The van der Waals surface area contributed by atoms with E-state index in [0.717, 1.165) is 25.9 Å². The Labute approximate surface area is 130 Å². The molecule has 5 nitrogen and oxygen atoms in total. The van der Waals surface area contributed by atoms with Crippen LogP contribution in [0.1, 0.15) is 44.0 Å². The molecule has 1 fully saturated rings. The fraction of sp³-hybridized carbons (Fsp3) is 0.471. The van der Waals surface area contributed by atoms with E-state index in [-0.39, 0.29) is 17.6 Å². The Kier molecular flexibility index (Phi) is 4.64. The minimum atomic E-state index is -1.13. The first-order valence-electron chi connectivity index (χ1n) is 7.54. The van der Waals surface area contributed by atoms with E-state index in [4.69, 9.17) is 0 Å². The van der Waals surface area contributed by atoms with E-state index in [1.807, 2.05) is 0 Å². The number of ketones is 1. The summed E-state index contributed by atoms with van der Waals surface area (Å²) in [5.74, 6) is -0.571. The summed E-state index contributed by atoms with van der Waals surface area (Å²) < 4.78 is 0. The number of benzene rings is 1. The maximum absolute atomic E-state index is 12.5. The monoisotopic (exact) mass is 302 g/mol. The van der Waals surface area contributed by atoms with Gasteiger partial charge in [-0.15, -0.1) is 0 Å². The second-order valence-corrected chi connectivity index (χ2v) is 6.22. The Hall–Kier alpha value is -2.17. The second-order valence-electron chi connectivity index (χ2n) is 6.22. The van der Waals surface area contributed by atoms with Crippen molar-refractivity contribution in [3.8, 4) is 0 Å². The van der Waals surface area contributed by atoms with Crippen molar-refractivity contribution in [2.75, 3.05) is 18.4 Å². The van der Waals surface area contributed by atoms with E-state index in [2.05, 4.69) is 5.32 Å². The summed E-state index contributed by atoms with van der Waals surface area (Å²) >= 11 is 0. The van der Waals surface area contributed by atoms with Crippen LogP contribution in [0, 0.1) is 5.41 Å². The summed E-state index contributed by atoms with van der Waals surface area (Å²) in [6.07, 6.45) is 1.98. The zero-order valence-electron chi connectivity index (χ0n) is 13.3. The number of nitrogens with one attached hydrogen (secondary N) is 1. The third kappa shape index (κ3) is 3.35. The van der Waals surface area contributed by atoms with Crippen molar-refractivity contribution in [2.45, 2.75) is 33.6 Å². The Morgan fingerprint density at radius 2 is 1.77 bits per heavy atom. The number of amides is 2. The van der Waals surface area contributed by atoms with Crippen LogP contribution in [0.5, 0.6) is 0 Å². The molecule has 1 aliphatic heterocycles. The standard InChI is InChI=1S/C17H22N2O3/c1-12(20)13-7-6-8-14(11-13)18-15(21)17(2,3)16(22)19-9-4-5-10-19/h6-8,11H,4-5,9-10H2,1-3H3,(H,18,21). The van der Waals surface area contributed by atoms with Gasteiger partial charge in [0.05, 0.1) is 0 Å². The van der Waals surface area contributed by atoms with Gasteiger partial charge in [0.15, 0.2) is 5.78 Å². The van der Waals surface area contributed by atoms with Gasteiger partial charge in [-0.25, -0.2) is 0 Å². The highest BCUT2D eigenvalue weighted by molar-refractivity contribution is 6.10. The zero-order chi connectivity index (χ0) is 16.3. The van der Waals surface area contributed by atoms with Crippen molar-refractivity contribution in [3.63, 3.8) is 0 Å². The largest absolute Gasteiger partial charge is 0.342 e. The van der Waals surface area contributed by atoms with Crippen LogP contribution in [0.3, 0.4) is 0 Å². The van der Waals surface area contributed by atoms with E-state index in [9.17, 15) is 14.4 Å². The van der Waals surface area contributed by atoms with E-state index in [1.165, 1.54) is 6.92 Å². The number of hydrogen-bond acceptors (Lipinski definition) is 3. The molecular weight excluding hydrogens is 280 g/mol. The quantitative estimate of drug-likeness (QED) is 0.686. The smallest absolute Gasteiger partial charge is 0.239 e. The molecule has 0 atom stereocenters. The molecule has 0 aromatic heterocycles. The number of carbonyl (C=O) groups is 3. The van der Waals surface area contributed by atoms with Gasteiger partial charge in [-0.2, -0.15) is 0 Å². The van der Waals surface area contributed by atoms with Crippen LogP contribution in [0.4, 0.5) is 5.69 Å². The lowest BCUT2D eigenvalue weighted by Crippen LogP contribution is -2.46. The Morgan fingerprint density at radius 1 is 1.14 bits per heavy atom. The van der Waals surface area contributed by atoms with Gasteiger partial charge in [0.1, 0.15) is 5.41 Å². The minimum Gasteiger partial charge on any atom is -0.342 e. The third-order valence-electron chi connectivity index (χ3n) is 4.02. The van der Waals surface area contributed by atoms with Crippen molar-refractivity contribution in [3.05, 3.63) is 29.8 Å². The summed E-state index contributed by atoms with van der Waals surface area (Å²) in [7, 11) is 0. The Morgan fingerprint density at radius 3 is 2.36 bits per heavy atom. The maximum Gasteiger partial charge on any atom is 0.239 e. The molecular formula is C17H22N2O3. The van der Waals surface area contributed by atoms with Gasteiger partial charge in [0.25, 0.3) is 0 Å². The Balaban J connectivity index is 2.11. The first kappa shape index (κ1) is 16.2. The molecule has 1 saturated heterocycles. The summed E-state index contributed by atoms with van der Waals surface area (Å²) in [6, 6.07) is 6.73. The van der Waals surface area contributed by atoms with Crippen LogP contribution in [0.15, 0.2) is 24.3 Å². The highest BCUT2D eigenvalue weighted by atomic mass is 16.2. The average Bonchev–Trinajstić information content (AvgIpc) is 3.00. The third-order valence-corrected chi connectivity index (χ3v) is 4.02. The molecule has 0 spiro atoms. The molecule has 1 aromatic rings. The topological polar surface area (TPSA) is 66.5 Å². The molecule has 118 valence electrons. The van der Waals surface area contributed by atoms with E-state index < -0.39 is 5.41 Å². The Bertz CT molecular complexity index is 602. The zero-order valence-corrected chi connectivity index (χ0v) is 13.3. The number of nitrogens with zero attached hydrogens (tertiary/aromatic N) is 1. The lowest BCUT2D eigenvalue weighted by atomic mass is 9.90.